The summed E-state index contributed by atoms with van der Waals surface area (Å²) in [5.74, 6) is -0.886. The van der Waals surface area contributed by atoms with Crippen LogP contribution in [0.5, 0.6) is 0 Å². The van der Waals surface area contributed by atoms with Gasteiger partial charge in [-0.1, -0.05) is 0 Å². The Balaban J connectivity index is 2.50. The molecule has 1 saturated heterocycles. The third kappa shape index (κ3) is 3.38. The first-order chi connectivity index (χ1) is 7.75. The second-order valence-corrected chi connectivity index (χ2v) is 5.29. The second-order valence-electron chi connectivity index (χ2n) is 5.29. The lowest BCUT2D eigenvalue weighted by molar-refractivity contribution is -0.147. The van der Waals surface area contributed by atoms with E-state index < -0.39 is 29.7 Å². The molecular formula is C11H21NO5. The van der Waals surface area contributed by atoms with Crippen molar-refractivity contribution in [3.8, 4) is 0 Å². The number of aliphatic carboxylic acids is 1. The van der Waals surface area contributed by atoms with E-state index in [1.165, 1.54) is 0 Å². The molecule has 0 unspecified atom stereocenters. The van der Waals surface area contributed by atoms with Crippen LogP contribution >= 0.6 is 0 Å². The van der Waals surface area contributed by atoms with E-state index in [4.69, 9.17) is 5.11 Å². The van der Waals surface area contributed by atoms with Crippen LogP contribution in [0.25, 0.3) is 0 Å². The first-order valence-corrected chi connectivity index (χ1v) is 5.76. The van der Waals surface area contributed by atoms with Crippen LogP contribution in [0.1, 0.15) is 26.7 Å². The number of carboxylic acids is 1. The monoisotopic (exact) mass is 247 g/mol. The van der Waals surface area contributed by atoms with E-state index in [0.29, 0.717) is 12.8 Å². The molecule has 1 aliphatic heterocycles. The summed E-state index contributed by atoms with van der Waals surface area (Å²) in [6.07, 6.45) is -2.39. The van der Waals surface area contributed by atoms with Gasteiger partial charge >= 0.3 is 5.97 Å². The van der Waals surface area contributed by atoms with Gasteiger partial charge in [0.2, 0.25) is 0 Å². The summed E-state index contributed by atoms with van der Waals surface area (Å²) in [6, 6.07) is -0.382. The lowest BCUT2D eigenvalue weighted by Gasteiger charge is -2.37. The van der Waals surface area contributed by atoms with E-state index in [9.17, 15) is 20.1 Å². The highest BCUT2D eigenvalue weighted by atomic mass is 16.4. The molecule has 17 heavy (non-hydrogen) atoms. The van der Waals surface area contributed by atoms with Crippen molar-refractivity contribution in [3.05, 3.63) is 0 Å². The Morgan fingerprint density at radius 1 is 1.29 bits per heavy atom. The van der Waals surface area contributed by atoms with Gasteiger partial charge in [-0.05, 0) is 26.7 Å². The molecule has 0 amide bonds. The van der Waals surface area contributed by atoms with Gasteiger partial charge in [-0.2, -0.15) is 0 Å². The highest BCUT2D eigenvalue weighted by Crippen LogP contribution is 2.25. The Hall–Kier alpha value is -0.690. The second kappa shape index (κ2) is 5.30. The average molecular weight is 247 g/mol. The summed E-state index contributed by atoms with van der Waals surface area (Å²) in [5, 5.41) is 40.4. The number of β-amino-alcohol motifs (C(OH)–C–C–N with tert-alkyl or cyclic N) is 1. The van der Waals surface area contributed by atoms with Crippen LogP contribution in [0, 0.1) is 5.41 Å². The molecule has 4 atom stereocenters. The maximum atomic E-state index is 10.9. The van der Waals surface area contributed by atoms with Crippen molar-refractivity contribution in [3.63, 3.8) is 0 Å². The normalized spacial score (nSPS) is 34.6. The van der Waals surface area contributed by atoms with E-state index in [1.54, 1.807) is 13.8 Å². The SMILES string of the molecule is CC(C)(CC[C@H]1NC[C@H](O)[C@@H](O)[C@@H]1O)C(=O)O. The zero-order valence-corrected chi connectivity index (χ0v) is 10.1. The maximum absolute atomic E-state index is 10.9. The van der Waals surface area contributed by atoms with Crippen LogP contribution in [0.3, 0.4) is 0 Å². The summed E-state index contributed by atoms with van der Waals surface area (Å²) < 4.78 is 0. The molecular weight excluding hydrogens is 226 g/mol. The third-order valence-corrected chi connectivity index (χ3v) is 3.40. The predicted octanol–water partition coefficient (Wildman–Crippen LogP) is -1.07. The van der Waals surface area contributed by atoms with Crippen molar-refractivity contribution < 1.29 is 25.2 Å². The van der Waals surface area contributed by atoms with E-state index >= 15 is 0 Å². The van der Waals surface area contributed by atoms with Gasteiger partial charge in [0.25, 0.3) is 0 Å². The van der Waals surface area contributed by atoms with Crippen molar-refractivity contribution >= 4 is 5.97 Å². The van der Waals surface area contributed by atoms with E-state index in [2.05, 4.69) is 5.32 Å². The van der Waals surface area contributed by atoms with Gasteiger partial charge in [-0.3, -0.25) is 4.79 Å². The Labute approximate surface area is 100 Å². The molecule has 100 valence electrons. The van der Waals surface area contributed by atoms with Crippen LogP contribution in [-0.4, -0.2) is 57.3 Å². The zero-order valence-electron chi connectivity index (χ0n) is 10.1. The lowest BCUT2D eigenvalue weighted by atomic mass is 9.83. The van der Waals surface area contributed by atoms with Gasteiger partial charge in [0, 0.05) is 12.6 Å². The van der Waals surface area contributed by atoms with Crippen LogP contribution in [0.15, 0.2) is 0 Å². The topological polar surface area (TPSA) is 110 Å². The molecule has 0 radical (unpaired) electrons. The molecule has 6 heteroatoms. The van der Waals surface area contributed by atoms with Crippen LogP contribution in [0.2, 0.25) is 0 Å². The molecule has 0 bridgehead atoms. The first kappa shape index (κ1) is 14.4. The molecule has 0 aliphatic carbocycles. The van der Waals surface area contributed by atoms with Crippen molar-refractivity contribution in [1.82, 2.24) is 5.32 Å². The zero-order chi connectivity index (χ0) is 13.2. The third-order valence-electron chi connectivity index (χ3n) is 3.40. The molecule has 1 aliphatic rings. The number of nitrogens with one attached hydrogen (secondary N) is 1. The van der Waals surface area contributed by atoms with Crippen molar-refractivity contribution in [1.29, 1.82) is 0 Å². The standard InChI is InChI=1S/C11H21NO5/c1-11(2,10(16)17)4-3-6-8(14)9(15)7(13)5-12-6/h6-9,12-15H,3-5H2,1-2H3,(H,16,17)/t6-,7+,8-,9-/m1/s1. The Morgan fingerprint density at radius 3 is 2.41 bits per heavy atom. The van der Waals surface area contributed by atoms with E-state index in [-0.39, 0.29) is 12.6 Å². The number of carboxylic acid groups (broad SMARTS) is 1. The molecule has 1 heterocycles. The highest BCUT2D eigenvalue weighted by molar-refractivity contribution is 5.73. The van der Waals surface area contributed by atoms with Gasteiger partial charge in [-0.25, -0.2) is 0 Å². The highest BCUT2D eigenvalue weighted by Gasteiger charge is 2.37. The van der Waals surface area contributed by atoms with Crippen LogP contribution < -0.4 is 5.32 Å². The Kier molecular flexibility index (Phi) is 4.48. The Bertz CT molecular complexity index is 281. The molecule has 1 rings (SSSR count). The van der Waals surface area contributed by atoms with Crippen molar-refractivity contribution in [2.45, 2.75) is 51.0 Å². The fourth-order valence-corrected chi connectivity index (χ4v) is 1.88. The summed E-state index contributed by atoms with van der Waals surface area (Å²) in [4.78, 5) is 10.9. The first-order valence-electron chi connectivity index (χ1n) is 5.76. The number of carbonyl (C=O) groups is 1. The van der Waals surface area contributed by atoms with E-state index in [0.717, 1.165) is 0 Å². The number of hydrogen-bond donors (Lipinski definition) is 5. The molecule has 6 nitrogen and oxygen atoms in total. The predicted molar refractivity (Wildman–Crippen MR) is 60.5 cm³/mol. The number of aliphatic hydroxyl groups excluding tert-OH is 3. The number of aliphatic hydroxyl groups is 3. The molecule has 0 aromatic rings. The summed E-state index contributed by atoms with van der Waals surface area (Å²) >= 11 is 0. The maximum Gasteiger partial charge on any atom is 0.309 e. The lowest BCUT2D eigenvalue weighted by Crippen LogP contribution is -2.59. The smallest absolute Gasteiger partial charge is 0.309 e. The van der Waals surface area contributed by atoms with Crippen molar-refractivity contribution in [2.75, 3.05) is 6.54 Å². The van der Waals surface area contributed by atoms with Crippen molar-refractivity contribution in [2.24, 2.45) is 5.41 Å². The van der Waals surface area contributed by atoms with Gasteiger partial charge in [0.1, 0.15) is 6.10 Å². The number of piperidine rings is 1. The quantitative estimate of drug-likeness (QED) is 0.433. The van der Waals surface area contributed by atoms with Gasteiger partial charge in [0.05, 0.1) is 17.6 Å². The molecule has 0 saturated carbocycles. The molecule has 0 spiro atoms. The minimum atomic E-state index is -1.17. The van der Waals surface area contributed by atoms with Gasteiger partial charge in [0.15, 0.2) is 0 Å². The van der Waals surface area contributed by atoms with E-state index in [1.807, 2.05) is 0 Å². The number of rotatable bonds is 4. The summed E-state index contributed by atoms with van der Waals surface area (Å²) in [5.41, 5.74) is -0.859. The van der Waals surface area contributed by atoms with Gasteiger partial charge in [-0.15, -0.1) is 0 Å². The minimum Gasteiger partial charge on any atom is -0.481 e. The average Bonchev–Trinajstić information content (AvgIpc) is 2.25. The largest absolute Gasteiger partial charge is 0.481 e. The summed E-state index contributed by atoms with van der Waals surface area (Å²) in [6.45, 7) is 3.45. The number of hydrogen-bond acceptors (Lipinski definition) is 5. The molecule has 1 fully saturated rings. The molecule has 5 N–H and O–H groups in total. The molecule has 0 aromatic heterocycles. The fourth-order valence-electron chi connectivity index (χ4n) is 1.88. The Morgan fingerprint density at radius 2 is 1.88 bits per heavy atom. The van der Waals surface area contributed by atoms with Crippen LogP contribution in [0.4, 0.5) is 0 Å². The summed E-state index contributed by atoms with van der Waals surface area (Å²) in [7, 11) is 0. The fraction of sp³-hybridized carbons (Fsp3) is 0.909. The molecule has 0 aromatic carbocycles. The minimum absolute atomic E-state index is 0.205. The van der Waals surface area contributed by atoms with Crippen LogP contribution in [-0.2, 0) is 4.79 Å². The van der Waals surface area contributed by atoms with Gasteiger partial charge < -0.3 is 25.7 Å².